The molecule has 0 aliphatic heterocycles. The summed E-state index contributed by atoms with van der Waals surface area (Å²) in [7, 11) is 0. The molecule has 0 amide bonds. The lowest BCUT2D eigenvalue weighted by molar-refractivity contribution is 0.130. The number of aliphatic hydroxyl groups excluding tert-OH is 1. The molecule has 0 bridgehead atoms. The van der Waals surface area contributed by atoms with E-state index >= 15 is 0 Å². The molecule has 3 atom stereocenters. The molecule has 3 N–H and O–H groups in total. The van der Waals surface area contributed by atoms with Gasteiger partial charge in [0.25, 0.3) is 0 Å². The van der Waals surface area contributed by atoms with Crippen molar-refractivity contribution in [1.29, 1.82) is 0 Å². The van der Waals surface area contributed by atoms with Crippen LogP contribution in [-0.4, -0.2) is 22.3 Å². The molecule has 0 fully saturated rings. The average molecular weight is 315 g/mol. The maximum absolute atomic E-state index is 10.3. The Kier molecular flexibility index (Phi) is 9.03. The summed E-state index contributed by atoms with van der Waals surface area (Å²) in [6, 6.07) is 6.97. The van der Waals surface area contributed by atoms with Gasteiger partial charge in [0.2, 0.25) is 0 Å². The topological polar surface area (TPSA) is 52.5 Å². The minimum Gasteiger partial charge on any atom is -0.508 e. The third-order valence-corrected chi connectivity index (χ3v) is 3.68. The summed E-state index contributed by atoms with van der Waals surface area (Å²) in [4.78, 5) is 0. The molecule has 0 saturated heterocycles. The second kappa shape index (κ2) is 10.8. The first-order valence-electron chi connectivity index (χ1n) is 8.22. The molecular weight excluding hydrogens is 286 g/mol. The summed E-state index contributed by atoms with van der Waals surface area (Å²) in [6.07, 6.45) is 13.7. The highest BCUT2D eigenvalue weighted by Gasteiger charge is 2.17. The molecule has 0 heterocycles. The van der Waals surface area contributed by atoms with Gasteiger partial charge in [-0.15, -0.1) is 0 Å². The fourth-order valence-electron chi connectivity index (χ4n) is 2.34. The Labute approximate surface area is 140 Å². The van der Waals surface area contributed by atoms with Gasteiger partial charge in [-0.05, 0) is 51.3 Å². The van der Waals surface area contributed by atoms with E-state index in [9.17, 15) is 10.2 Å². The van der Waals surface area contributed by atoms with Crippen LogP contribution in [0.15, 0.2) is 60.7 Å². The molecule has 23 heavy (non-hydrogen) atoms. The zero-order chi connectivity index (χ0) is 17.1. The molecule has 0 aromatic heterocycles. The molecule has 3 heteroatoms. The summed E-state index contributed by atoms with van der Waals surface area (Å²) >= 11 is 0. The van der Waals surface area contributed by atoms with Crippen molar-refractivity contribution in [3.05, 3.63) is 66.3 Å². The van der Waals surface area contributed by atoms with Crippen molar-refractivity contribution in [2.75, 3.05) is 0 Å². The second-order valence-corrected chi connectivity index (χ2v) is 5.81. The van der Waals surface area contributed by atoms with Gasteiger partial charge in [0.1, 0.15) is 5.75 Å². The molecule has 0 aliphatic rings. The van der Waals surface area contributed by atoms with Crippen molar-refractivity contribution in [3.63, 3.8) is 0 Å². The normalized spacial score (nSPS) is 16.3. The first-order valence-corrected chi connectivity index (χ1v) is 8.22. The number of hydrogen-bond acceptors (Lipinski definition) is 3. The number of phenolic OH excluding ortho intramolecular Hbond substituents is 1. The van der Waals surface area contributed by atoms with Crippen molar-refractivity contribution in [3.8, 4) is 5.75 Å². The Morgan fingerprint density at radius 3 is 2.35 bits per heavy atom. The van der Waals surface area contributed by atoms with Crippen molar-refractivity contribution in [2.45, 2.75) is 51.8 Å². The zero-order valence-corrected chi connectivity index (χ0v) is 14.3. The predicted octanol–water partition coefficient (Wildman–Crippen LogP) is 4.26. The van der Waals surface area contributed by atoms with Crippen LogP contribution in [0.2, 0.25) is 0 Å². The van der Waals surface area contributed by atoms with Gasteiger partial charge in [0.15, 0.2) is 0 Å². The number of hydrogen-bond donors (Lipinski definition) is 3. The van der Waals surface area contributed by atoms with Crippen molar-refractivity contribution >= 4 is 0 Å². The number of phenols is 1. The standard InChI is InChI=1S/C20H29NO2/c1-4-5-6-7-8-9-10-11-16(2)21-17(3)20(23)18-12-14-19(22)15-13-18/h4-9,12-17,20-23H,10-11H2,1-3H3/b5-4-,7-6-,9-8?. The molecule has 0 aliphatic carbocycles. The Balaban J connectivity index is 2.35. The minimum atomic E-state index is -0.586. The van der Waals surface area contributed by atoms with E-state index in [0.29, 0.717) is 6.04 Å². The molecule has 0 radical (unpaired) electrons. The first-order chi connectivity index (χ1) is 11.0. The lowest BCUT2D eigenvalue weighted by Crippen LogP contribution is -2.38. The van der Waals surface area contributed by atoms with Crippen LogP contribution in [0.4, 0.5) is 0 Å². The number of rotatable bonds is 9. The van der Waals surface area contributed by atoms with Gasteiger partial charge in [-0.3, -0.25) is 0 Å². The van der Waals surface area contributed by atoms with Crippen LogP contribution in [0.5, 0.6) is 5.75 Å². The summed E-state index contributed by atoms with van der Waals surface area (Å²) < 4.78 is 0. The first kappa shape index (κ1) is 19.2. The fraction of sp³-hybridized carbons (Fsp3) is 0.400. The summed E-state index contributed by atoms with van der Waals surface area (Å²) in [5.41, 5.74) is 0.809. The van der Waals surface area contributed by atoms with Crippen LogP contribution in [0.25, 0.3) is 0 Å². The maximum atomic E-state index is 10.3. The monoisotopic (exact) mass is 315 g/mol. The van der Waals surface area contributed by atoms with E-state index in [1.807, 2.05) is 38.2 Å². The van der Waals surface area contributed by atoms with Gasteiger partial charge in [0.05, 0.1) is 6.10 Å². The van der Waals surface area contributed by atoms with E-state index < -0.39 is 6.10 Å². The van der Waals surface area contributed by atoms with Crippen molar-refractivity contribution in [1.82, 2.24) is 5.32 Å². The zero-order valence-electron chi connectivity index (χ0n) is 14.3. The molecule has 1 aromatic carbocycles. The Bertz CT molecular complexity index is 517. The van der Waals surface area contributed by atoms with E-state index in [2.05, 4.69) is 24.4 Å². The van der Waals surface area contributed by atoms with Gasteiger partial charge in [-0.2, -0.15) is 0 Å². The number of benzene rings is 1. The molecule has 0 saturated carbocycles. The SMILES string of the molecule is C/C=C\C=C/C=CCCC(C)NC(C)C(O)c1ccc(O)cc1. The average Bonchev–Trinajstić information content (AvgIpc) is 2.54. The van der Waals surface area contributed by atoms with Crippen LogP contribution in [0.1, 0.15) is 45.3 Å². The van der Waals surface area contributed by atoms with Crippen LogP contribution in [0, 0.1) is 0 Å². The van der Waals surface area contributed by atoms with Gasteiger partial charge >= 0.3 is 0 Å². The van der Waals surface area contributed by atoms with E-state index in [0.717, 1.165) is 18.4 Å². The van der Waals surface area contributed by atoms with Crippen LogP contribution in [0.3, 0.4) is 0 Å². The molecule has 0 spiro atoms. The predicted molar refractivity (Wildman–Crippen MR) is 97.5 cm³/mol. The third-order valence-electron chi connectivity index (χ3n) is 3.68. The van der Waals surface area contributed by atoms with E-state index in [4.69, 9.17) is 0 Å². The Morgan fingerprint density at radius 2 is 1.70 bits per heavy atom. The quantitative estimate of drug-likeness (QED) is 0.597. The summed E-state index contributed by atoms with van der Waals surface area (Å²) in [5, 5.41) is 23.1. The van der Waals surface area contributed by atoms with E-state index in [-0.39, 0.29) is 11.8 Å². The number of aliphatic hydroxyl groups is 1. The van der Waals surface area contributed by atoms with Crippen molar-refractivity contribution < 1.29 is 10.2 Å². The number of allylic oxidation sites excluding steroid dienone is 6. The molecule has 1 rings (SSSR count). The molecular formula is C20H29NO2. The maximum Gasteiger partial charge on any atom is 0.115 e. The number of aromatic hydroxyl groups is 1. The second-order valence-electron chi connectivity index (χ2n) is 5.81. The highest BCUT2D eigenvalue weighted by atomic mass is 16.3. The molecule has 3 unspecified atom stereocenters. The lowest BCUT2D eigenvalue weighted by Gasteiger charge is -2.24. The molecule has 1 aromatic rings. The number of nitrogens with one attached hydrogen (secondary N) is 1. The van der Waals surface area contributed by atoms with Crippen LogP contribution in [-0.2, 0) is 0 Å². The Morgan fingerprint density at radius 1 is 1.04 bits per heavy atom. The highest BCUT2D eigenvalue weighted by molar-refractivity contribution is 5.27. The van der Waals surface area contributed by atoms with Gasteiger partial charge < -0.3 is 15.5 Å². The van der Waals surface area contributed by atoms with Crippen LogP contribution >= 0.6 is 0 Å². The minimum absolute atomic E-state index is 0.0480. The largest absolute Gasteiger partial charge is 0.508 e. The molecule has 126 valence electrons. The van der Waals surface area contributed by atoms with Crippen LogP contribution < -0.4 is 5.32 Å². The smallest absolute Gasteiger partial charge is 0.115 e. The Hall–Kier alpha value is -1.84. The fourth-order valence-corrected chi connectivity index (χ4v) is 2.34. The van der Waals surface area contributed by atoms with Crippen molar-refractivity contribution in [2.24, 2.45) is 0 Å². The molecule has 3 nitrogen and oxygen atoms in total. The van der Waals surface area contributed by atoms with E-state index in [1.54, 1.807) is 24.3 Å². The van der Waals surface area contributed by atoms with Gasteiger partial charge in [0, 0.05) is 12.1 Å². The lowest BCUT2D eigenvalue weighted by atomic mass is 10.0. The highest BCUT2D eigenvalue weighted by Crippen LogP contribution is 2.20. The van der Waals surface area contributed by atoms with E-state index in [1.165, 1.54) is 0 Å². The third kappa shape index (κ3) is 7.82. The van der Waals surface area contributed by atoms with Gasteiger partial charge in [-0.1, -0.05) is 48.6 Å². The summed E-state index contributed by atoms with van der Waals surface area (Å²) in [5.74, 6) is 0.213. The van der Waals surface area contributed by atoms with Gasteiger partial charge in [-0.25, -0.2) is 0 Å². The summed E-state index contributed by atoms with van der Waals surface area (Å²) in [6.45, 7) is 6.10.